The molecule has 4 nitrogen and oxygen atoms in total. The molecule has 0 spiro atoms. The van der Waals surface area contributed by atoms with Gasteiger partial charge in [-0.2, -0.15) is 0 Å². The maximum absolute atomic E-state index is 10.6. The number of carboxylic acids is 1. The molecule has 0 aliphatic rings. The Morgan fingerprint density at radius 3 is 2.06 bits per heavy atom. The van der Waals surface area contributed by atoms with Crippen LogP contribution in [0.4, 0.5) is 0 Å². The number of carbonyl (C=O) groups is 1. The minimum atomic E-state index is -0.739. The molecule has 4 heteroatoms. The van der Waals surface area contributed by atoms with E-state index in [-0.39, 0.29) is 5.92 Å². The molecule has 0 fully saturated rings. The van der Waals surface area contributed by atoms with Crippen molar-refractivity contribution in [3.8, 4) is 0 Å². The standard InChI is InChI=1S/C12H26N2O2/c1-9(2)14(10(3)4)7-6-13-8-11(5)12(15)16/h9-11,13H,6-8H2,1-5H3,(H,15,16). The van der Waals surface area contributed by atoms with Crippen LogP contribution in [-0.4, -0.2) is 47.7 Å². The molecule has 0 amide bonds. The topological polar surface area (TPSA) is 52.6 Å². The van der Waals surface area contributed by atoms with Crippen LogP contribution in [0.15, 0.2) is 0 Å². The van der Waals surface area contributed by atoms with Crippen molar-refractivity contribution in [3.05, 3.63) is 0 Å². The molecule has 0 saturated carbocycles. The lowest BCUT2D eigenvalue weighted by Gasteiger charge is -2.30. The van der Waals surface area contributed by atoms with E-state index in [4.69, 9.17) is 5.11 Å². The molecule has 16 heavy (non-hydrogen) atoms. The van der Waals surface area contributed by atoms with Gasteiger partial charge in [-0.05, 0) is 27.7 Å². The molecule has 0 aromatic rings. The number of nitrogens with one attached hydrogen (secondary N) is 1. The Hall–Kier alpha value is -0.610. The van der Waals surface area contributed by atoms with Gasteiger partial charge in [0.15, 0.2) is 0 Å². The predicted octanol–water partition coefficient (Wildman–Crippen LogP) is 1.42. The van der Waals surface area contributed by atoms with Crippen LogP contribution in [0, 0.1) is 5.92 Å². The summed E-state index contributed by atoms with van der Waals surface area (Å²) >= 11 is 0. The highest BCUT2D eigenvalue weighted by molar-refractivity contribution is 5.69. The molecule has 96 valence electrons. The summed E-state index contributed by atoms with van der Waals surface area (Å²) in [5.41, 5.74) is 0. The van der Waals surface area contributed by atoms with Gasteiger partial charge in [0.05, 0.1) is 5.92 Å². The highest BCUT2D eigenvalue weighted by Gasteiger charge is 2.13. The summed E-state index contributed by atoms with van der Waals surface area (Å²) in [6.07, 6.45) is 0. The summed E-state index contributed by atoms with van der Waals surface area (Å²) in [6, 6.07) is 1.05. The fraction of sp³-hybridized carbons (Fsp3) is 0.917. The number of aliphatic carboxylic acids is 1. The number of nitrogens with zero attached hydrogens (tertiary/aromatic N) is 1. The van der Waals surface area contributed by atoms with Gasteiger partial charge < -0.3 is 10.4 Å². The first kappa shape index (κ1) is 15.4. The van der Waals surface area contributed by atoms with Crippen LogP contribution in [0.3, 0.4) is 0 Å². The molecule has 0 aliphatic heterocycles. The van der Waals surface area contributed by atoms with Crippen molar-refractivity contribution >= 4 is 5.97 Å². The normalized spacial score (nSPS) is 13.8. The van der Waals surface area contributed by atoms with Gasteiger partial charge in [0.1, 0.15) is 0 Å². The summed E-state index contributed by atoms with van der Waals surface area (Å²) < 4.78 is 0. The van der Waals surface area contributed by atoms with E-state index in [1.54, 1.807) is 6.92 Å². The molecule has 1 unspecified atom stereocenters. The Kier molecular flexibility index (Phi) is 7.34. The van der Waals surface area contributed by atoms with E-state index in [9.17, 15) is 4.79 Å². The third-order valence-electron chi connectivity index (χ3n) is 2.75. The van der Waals surface area contributed by atoms with Gasteiger partial charge in [0.25, 0.3) is 0 Å². The van der Waals surface area contributed by atoms with Gasteiger partial charge in [0.2, 0.25) is 0 Å². The Morgan fingerprint density at radius 2 is 1.69 bits per heavy atom. The number of rotatable bonds is 8. The van der Waals surface area contributed by atoms with Crippen molar-refractivity contribution < 1.29 is 9.90 Å². The third kappa shape index (κ3) is 6.08. The molecule has 0 bridgehead atoms. The van der Waals surface area contributed by atoms with Crippen LogP contribution < -0.4 is 5.32 Å². The molecule has 1 atom stereocenters. The Bertz CT molecular complexity index is 197. The SMILES string of the molecule is CC(CNCCN(C(C)C)C(C)C)C(=O)O. The first-order valence-electron chi connectivity index (χ1n) is 6.05. The van der Waals surface area contributed by atoms with Crippen LogP contribution in [0.5, 0.6) is 0 Å². The summed E-state index contributed by atoms with van der Waals surface area (Å²) in [5.74, 6) is -1.05. The lowest BCUT2D eigenvalue weighted by molar-refractivity contribution is -0.140. The second-order valence-corrected chi connectivity index (χ2v) is 4.87. The van der Waals surface area contributed by atoms with Crippen molar-refractivity contribution in [2.45, 2.75) is 46.7 Å². The van der Waals surface area contributed by atoms with E-state index < -0.39 is 5.97 Å². The number of carboxylic acid groups (broad SMARTS) is 1. The van der Waals surface area contributed by atoms with E-state index >= 15 is 0 Å². The van der Waals surface area contributed by atoms with Crippen LogP contribution in [0.2, 0.25) is 0 Å². The van der Waals surface area contributed by atoms with Gasteiger partial charge in [-0.3, -0.25) is 9.69 Å². The maximum atomic E-state index is 10.6. The lowest BCUT2D eigenvalue weighted by Crippen LogP contribution is -2.42. The van der Waals surface area contributed by atoms with Crippen molar-refractivity contribution in [1.82, 2.24) is 10.2 Å². The van der Waals surface area contributed by atoms with E-state index in [0.717, 1.165) is 13.1 Å². The van der Waals surface area contributed by atoms with Crippen LogP contribution in [0.1, 0.15) is 34.6 Å². The van der Waals surface area contributed by atoms with Gasteiger partial charge in [-0.15, -0.1) is 0 Å². The Balaban J connectivity index is 3.75. The zero-order valence-corrected chi connectivity index (χ0v) is 11.2. The second-order valence-electron chi connectivity index (χ2n) is 4.87. The Labute approximate surface area is 99.0 Å². The zero-order valence-electron chi connectivity index (χ0n) is 11.2. The van der Waals surface area contributed by atoms with Gasteiger partial charge in [-0.1, -0.05) is 6.92 Å². The summed E-state index contributed by atoms with van der Waals surface area (Å²) in [4.78, 5) is 13.0. The molecule has 0 rings (SSSR count). The zero-order chi connectivity index (χ0) is 12.7. The van der Waals surface area contributed by atoms with Gasteiger partial charge in [0, 0.05) is 31.7 Å². The minimum absolute atomic E-state index is 0.313. The summed E-state index contributed by atoms with van der Waals surface area (Å²) in [5, 5.41) is 11.9. The highest BCUT2D eigenvalue weighted by Crippen LogP contribution is 2.03. The summed E-state index contributed by atoms with van der Waals surface area (Å²) in [6.45, 7) is 12.8. The average molecular weight is 230 g/mol. The maximum Gasteiger partial charge on any atom is 0.307 e. The smallest absolute Gasteiger partial charge is 0.307 e. The third-order valence-corrected chi connectivity index (χ3v) is 2.75. The van der Waals surface area contributed by atoms with Crippen LogP contribution >= 0.6 is 0 Å². The fourth-order valence-corrected chi connectivity index (χ4v) is 1.73. The lowest BCUT2D eigenvalue weighted by atomic mass is 10.2. The molecule has 2 N–H and O–H groups in total. The number of hydrogen-bond donors (Lipinski definition) is 2. The molecule has 0 radical (unpaired) electrons. The fourth-order valence-electron chi connectivity index (χ4n) is 1.73. The Morgan fingerprint density at radius 1 is 1.19 bits per heavy atom. The van der Waals surface area contributed by atoms with Crippen molar-refractivity contribution in [3.63, 3.8) is 0 Å². The van der Waals surface area contributed by atoms with E-state index in [1.807, 2.05) is 0 Å². The highest BCUT2D eigenvalue weighted by atomic mass is 16.4. The largest absolute Gasteiger partial charge is 0.481 e. The average Bonchev–Trinajstić information content (AvgIpc) is 2.15. The van der Waals surface area contributed by atoms with Crippen molar-refractivity contribution in [2.24, 2.45) is 5.92 Å². The van der Waals surface area contributed by atoms with E-state index in [2.05, 4.69) is 37.9 Å². The van der Waals surface area contributed by atoms with Gasteiger partial charge in [-0.25, -0.2) is 0 Å². The van der Waals surface area contributed by atoms with Crippen LogP contribution in [-0.2, 0) is 4.79 Å². The first-order valence-corrected chi connectivity index (χ1v) is 6.05. The van der Waals surface area contributed by atoms with E-state index in [1.165, 1.54) is 0 Å². The molecule has 0 saturated heterocycles. The molecule has 0 aromatic carbocycles. The second kappa shape index (κ2) is 7.63. The predicted molar refractivity (Wildman–Crippen MR) is 66.6 cm³/mol. The van der Waals surface area contributed by atoms with Gasteiger partial charge >= 0.3 is 5.97 Å². The number of hydrogen-bond acceptors (Lipinski definition) is 3. The summed E-state index contributed by atoms with van der Waals surface area (Å²) in [7, 11) is 0. The monoisotopic (exact) mass is 230 g/mol. The molecular formula is C12H26N2O2. The minimum Gasteiger partial charge on any atom is -0.481 e. The molecule has 0 aliphatic carbocycles. The quantitative estimate of drug-likeness (QED) is 0.619. The van der Waals surface area contributed by atoms with E-state index in [0.29, 0.717) is 18.6 Å². The van der Waals surface area contributed by atoms with Crippen molar-refractivity contribution in [1.29, 1.82) is 0 Å². The first-order chi connectivity index (χ1) is 7.36. The molecule has 0 aromatic heterocycles. The van der Waals surface area contributed by atoms with Crippen LogP contribution in [0.25, 0.3) is 0 Å². The van der Waals surface area contributed by atoms with Crippen molar-refractivity contribution in [2.75, 3.05) is 19.6 Å². The molecule has 0 heterocycles. The molecular weight excluding hydrogens is 204 g/mol.